The van der Waals surface area contributed by atoms with Gasteiger partial charge < -0.3 is 14.3 Å². The standard InChI is InChI=1S/C19H24N2O4/c1-3-24-19(23)17-16(12-21-10-9-13(2)15(22)11-21)25-18(20-17)14-7-5-4-6-8-14/h4-8,13,15,22H,3,9-12H2,1-2H3. The van der Waals surface area contributed by atoms with Crippen molar-refractivity contribution in [3.8, 4) is 11.5 Å². The van der Waals surface area contributed by atoms with Gasteiger partial charge in [0.05, 0.1) is 19.3 Å². The minimum atomic E-state index is -0.477. The molecule has 3 rings (SSSR count). The number of hydrogen-bond donors (Lipinski definition) is 1. The van der Waals surface area contributed by atoms with Crippen LogP contribution >= 0.6 is 0 Å². The van der Waals surface area contributed by atoms with E-state index in [2.05, 4.69) is 9.88 Å². The molecule has 1 aliphatic rings. The number of ether oxygens (including phenoxy) is 1. The van der Waals surface area contributed by atoms with Crippen LogP contribution in [0, 0.1) is 5.92 Å². The number of β-amino-alcohol motifs (C(OH)–C–C–N with tert-alkyl or cyclic N) is 1. The second-order valence-electron chi connectivity index (χ2n) is 6.45. The van der Waals surface area contributed by atoms with Crippen LogP contribution in [-0.4, -0.2) is 46.8 Å². The predicted octanol–water partition coefficient (Wildman–Crippen LogP) is 2.72. The van der Waals surface area contributed by atoms with Gasteiger partial charge in [0.15, 0.2) is 11.5 Å². The summed E-state index contributed by atoms with van der Waals surface area (Å²) in [4.78, 5) is 18.7. The number of esters is 1. The first-order valence-corrected chi connectivity index (χ1v) is 8.71. The lowest BCUT2D eigenvalue weighted by Crippen LogP contribution is -2.42. The molecule has 1 fully saturated rings. The molecule has 0 saturated carbocycles. The van der Waals surface area contributed by atoms with Crippen molar-refractivity contribution in [2.45, 2.75) is 32.9 Å². The smallest absolute Gasteiger partial charge is 0.360 e. The van der Waals surface area contributed by atoms with Crippen molar-refractivity contribution in [2.75, 3.05) is 19.7 Å². The highest BCUT2D eigenvalue weighted by Crippen LogP contribution is 2.25. The van der Waals surface area contributed by atoms with Crippen LogP contribution in [0.2, 0.25) is 0 Å². The van der Waals surface area contributed by atoms with Crippen LogP contribution in [0.5, 0.6) is 0 Å². The Hall–Kier alpha value is -2.18. The highest BCUT2D eigenvalue weighted by Gasteiger charge is 2.28. The molecule has 1 aliphatic heterocycles. The normalized spacial score (nSPS) is 21.2. The molecule has 6 heteroatoms. The number of carbonyl (C=O) groups excluding carboxylic acids is 1. The van der Waals surface area contributed by atoms with Crippen molar-refractivity contribution in [3.63, 3.8) is 0 Å². The van der Waals surface area contributed by atoms with Crippen LogP contribution < -0.4 is 0 Å². The summed E-state index contributed by atoms with van der Waals surface area (Å²) < 4.78 is 11.0. The lowest BCUT2D eigenvalue weighted by atomic mass is 9.96. The maximum atomic E-state index is 12.3. The quantitative estimate of drug-likeness (QED) is 0.841. The summed E-state index contributed by atoms with van der Waals surface area (Å²) in [6.07, 6.45) is 0.548. The van der Waals surface area contributed by atoms with E-state index in [9.17, 15) is 9.90 Å². The van der Waals surface area contributed by atoms with Gasteiger partial charge in [-0.15, -0.1) is 0 Å². The number of nitrogens with zero attached hydrogens (tertiary/aromatic N) is 2. The molecule has 2 unspecified atom stereocenters. The van der Waals surface area contributed by atoms with E-state index in [1.165, 1.54) is 0 Å². The molecular weight excluding hydrogens is 320 g/mol. The number of oxazole rings is 1. The Morgan fingerprint density at radius 2 is 2.16 bits per heavy atom. The topological polar surface area (TPSA) is 75.8 Å². The van der Waals surface area contributed by atoms with Gasteiger partial charge in [0.25, 0.3) is 0 Å². The van der Waals surface area contributed by atoms with Crippen LogP contribution in [-0.2, 0) is 11.3 Å². The van der Waals surface area contributed by atoms with Crippen LogP contribution in [0.25, 0.3) is 11.5 Å². The van der Waals surface area contributed by atoms with Gasteiger partial charge in [0.2, 0.25) is 5.89 Å². The molecule has 0 amide bonds. The minimum absolute atomic E-state index is 0.216. The van der Waals surface area contributed by atoms with E-state index in [4.69, 9.17) is 9.15 Å². The Bertz CT molecular complexity index is 713. The zero-order chi connectivity index (χ0) is 17.8. The number of hydrogen-bond acceptors (Lipinski definition) is 6. The van der Waals surface area contributed by atoms with Crippen LogP contribution in [0.15, 0.2) is 34.7 Å². The van der Waals surface area contributed by atoms with Gasteiger partial charge in [0, 0.05) is 12.1 Å². The zero-order valence-electron chi connectivity index (χ0n) is 14.6. The summed E-state index contributed by atoms with van der Waals surface area (Å²) in [7, 11) is 0. The first kappa shape index (κ1) is 17.6. The molecule has 2 atom stereocenters. The third kappa shape index (κ3) is 4.08. The summed E-state index contributed by atoms with van der Waals surface area (Å²) in [5.41, 5.74) is 1.03. The molecule has 2 heterocycles. The van der Waals surface area contributed by atoms with Gasteiger partial charge in [-0.3, -0.25) is 4.90 Å². The summed E-state index contributed by atoms with van der Waals surface area (Å²) in [5, 5.41) is 10.1. The Morgan fingerprint density at radius 1 is 1.40 bits per heavy atom. The summed E-state index contributed by atoms with van der Waals surface area (Å²) in [6, 6.07) is 9.47. The van der Waals surface area contributed by atoms with Crippen molar-refractivity contribution in [3.05, 3.63) is 41.8 Å². The molecule has 25 heavy (non-hydrogen) atoms. The molecule has 6 nitrogen and oxygen atoms in total. The molecule has 1 aromatic heterocycles. The van der Waals surface area contributed by atoms with Crippen LogP contribution in [0.3, 0.4) is 0 Å². The summed E-state index contributed by atoms with van der Waals surface area (Å²) in [6.45, 7) is 5.93. The van der Waals surface area contributed by atoms with Gasteiger partial charge in [-0.25, -0.2) is 9.78 Å². The Balaban J connectivity index is 1.86. The van der Waals surface area contributed by atoms with E-state index in [-0.39, 0.29) is 24.3 Å². The fraction of sp³-hybridized carbons (Fsp3) is 0.474. The number of benzene rings is 1. The largest absolute Gasteiger partial charge is 0.461 e. The molecule has 1 aromatic carbocycles. The van der Waals surface area contributed by atoms with Gasteiger partial charge >= 0.3 is 5.97 Å². The minimum Gasteiger partial charge on any atom is -0.461 e. The number of carbonyl (C=O) groups is 1. The van der Waals surface area contributed by atoms with Gasteiger partial charge in [0.1, 0.15) is 0 Å². The van der Waals surface area contributed by atoms with Crippen molar-refractivity contribution in [1.29, 1.82) is 0 Å². The second kappa shape index (κ2) is 7.80. The van der Waals surface area contributed by atoms with Crippen molar-refractivity contribution in [1.82, 2.24) is 9.88 Å². The highest BCUT2D eigenvalue weighted by molar-refractivity contribution is 5.89. The van der Waals surface area contributed by atoms with E-state index in [1.54, 1.807) is 6.92 Å². The van der Waals surface area contributed by atoms with Gasteiger partial charge in [-0.05, 0) is 37.9 Å². The average molecular weight is 344 g/mol. The van der Waals surface area contributed by atoms with Crippen molar-refractivity contribution < 1.29 is 19.1 Å². The maximum absolute atomic E-state index is 12.3. The van der Waals surface area contributed by atoms with Crippen molar-refractivity contribution in [2.24, 2.45) is 5.92 Å². The molecule has 1 saturated heterocycles. The molecule has 0 aliphatic carbocycles. The highest BCUT2D eigenvalue weighted by atomic mass is 16.5. The second-order valence-corrected chi connectivity index (χ2v) is 6.45. The number of piperidine rings is 1. The summed E-state index contributed by atoms with van der Waals surface area (Å²) >= 11 is 0. The molecule has 0 radical (unpaired) electrons. The molecule has 0 spiro atoms. The zero-order valence-corrected chi connectivity index (χ0v) is 14.6. The molecule has 0 bridgehead atoms. The lowest BCUT2D eigenvalue weighted by Gasteiger charge is -2.33. The number of likely N-dealkylation sites (tertiary alicyclic amines) is 1. The number of aliphatic hydroxyl groups excluding tert-OH is 1. The molecule has 2 aromatic rings. The third-order valence-electron chi connectivity index (χ3n) is 4.56. The van der Waals surface area contributed by atoms with E-state index in [0.29, 0.717) is 24.7 Å². The fourth-order valence-corrected chi connectivity index (χ4v) is 2.98. The van der Waals surface area contributed by atoms with Gasteiger partial charge in [-0.2, -0.15) is 0 Å². The fourth-order valence-electron chi connectivity index (χ4n) is 2.98. The Morgan fingerprint density at radius 3 is 2.84 bits per heavy atom. The summed E-state index contributed by atoms with van der Waals surface area (Å²) in [5.74, 6) is 0.702. The number of rotatable bonds is 5. The van der Waals surface area contributed by atoms with Gasteiger partial charge in [-0.1, -0.05) is 25.1 Å². The predicted molar refractivity (Wildman–Crippen MR) is 93.0 cm³/mol. The Labute approximate surface area is 147 Å². The van der Waals surface area contributed by atoms with E-state index in [0.717, 1.165) is 18.5 Å². The SMILES string of the molecule is CCOC(=O)c1nc(-c2ccccc2)oc1CN1CCC(C)C(O)C1. The van der Waals surface area contributed by atoms with Crippen LogP contribution in [0.4, 0.5) is 0 Å². The van der Waals surface area contributed by atoms with E-state index in [1.807, 2.05) is 37.3 Å². The number of aromatic nitrogens is 1. The first-order valence-electron chi connectivity index (χ1n) is 8.71. The Kier molecular flexibility index (Phi) is 5.50. The lowest BCUT2D eigenvalue weighted by molar-refractivity contribution is 0.0230. The monoisotopic (exact) mass is 344 g/mol. The number of aliphatic hydroxyl groups is 1. The maximum Gasteiger partial charge on any atom is 0.360 e. The molecular formula is C19H24N2O4. The van der Waals surface area contributed by atoms with E-state index < -0.39 is 5.97 Å². The average Bonchev–Trinajstić information content (AvgIpc) is 3.03. The molecule has 134 valence electrons. The first-order chi connectivity index (χ1) is 12.1. The van der Waals surface area contributed by atoms with E-state index >= 15 is 0 Å². The third-order valence-corrected chi connectivity index (χ3v) is 4.56. The van der Waals surface area contributed by atoms with Crippen LogP contribution in [0.1, 0.15) is 36.5 Å². The van der Waals surface area contributed by atoms with Crippen molar-refractivity contribution >= 4 is 5.97 Å². The molecule has 1 N–H and O–H groups in total.